The van der Waals surface area contributed by atoms with E-state index in [9.17, 15) is 9.59 Å². The van der Waals surface area contributed by atoms with Crippen LogP contribution in [-0.2, 0) is 28.5 Å². The van der Waals surface area contributed by atoms with Crippen molar-refractivity contribution in [1.82, 2.24) is 0 Å². The van der Waals surface area contributed by atoms with Crippen LogP contribution in [0.15, 0.2) is 23.5 Å². The third kappa shape index (κ3) is 3.05. The second-order valence-corrected chi connectivity index (χ2v) is 10.6. The predicted octanol–water partition coefficient (Wildman–Crippen LogP) is 4.29. The molecular formula is C25H34O6. The van der Waals surface area contributed by atoms with Crippen molar-refractivity contribution in [2.45, 2.75) is 78.1 Å². The van der Waals surface area contributed by atoms with E-state index in [1.54, 1.807) is 0 Å². The largest absolute Gasteiger partial charge is 0.462 e. The molecule has 6 atom stereocenters. The number of carbonyl (C=O) groups is 2. The van der Waals surface area contributed by atoms with Gasteiger partial charge >= 0.3 is 11.9 Å². The van der Waals surface area contributed by atoms with Crippen molar-refractivity contribution >= 4 is 11.9 Å². The van der Waals surface area contributed by atoms with Crippen LogP contribution in [0, 0.1) is 28.6 Å². The van der Waals surface area contributed by atoms with E-state index in [4.69, 9.17) is 18.9 Å². The third-order valence-corrected chi connectivity index (χ3v) is 9.04. The fourth-order valence-corrected chi connectivity index (χ4v) is 7.86. The third-order valence-electron chi connectivity index (χ3n) is 9.04. The fraction of sp³-hybridized carbons (Fsp3) is 0.760. The van der Waals surface area contributed by atoms with Crippen LogP contribution in [0.25, 0.3) is 0 Å². The molecule has 1 spiro atoms. The minimum absolute atomic E-state index is 0.110. The Hall–Kier alpha value is -1.66. The number of fused-ring (bicyclic) bond motifs is 6. The highest BCUT2D eigenvalue weighted by Gasteiger charge is 2.69. The molecule has 5 rings (SSSR count). The minimum atomic E-state index is -0.541. The maximum absolute atomic E-state index is 12.2. The first-order valence-electron chi connectivity index (χ1n) is 11.7. The molecule has 0 amide bonds. The van der Waals surface area contributed by atoms with Gasteiger partial charge in [0.25, 0.3) is 0 Å². The number of allylic oxidation sites excluding steroid dienone is 4. The van der Waals surface area contributed by atoms with Crippen molar-refractivity contribution in [3.63, 3.8) is 0 Å². The number of hydrogen-bond acceptors (Lipinski definition) is 6. The SMILES string of the molecule is CC(=O)OC1=CC2=CCC3C([C@@H](OC(C)=O)C[C@@]4(C)C3CCC43OCCO3)[C@@]2(C)CC1. The summed E-state index contributed by atoms with van der Waals surface area (Å²) in [7, 11) is 0. The molecule has 6 heteroatoms. The molecule has 3 unspecified atom stereocenters. The van der Waals surface area contributed by atoms with Crippen LogP contribution in [0.5, 0.6) is 0 Å². The molecule has 0 N–H and O–H groups in total. The van der Waals surface area contributed by atoms with Crippen molar-refractivity contribution in [2.24, 2.45) is 28.6 Å². The van der Waals surface area contributed by atoms with Crippen LogP contribution in [0.4, 0.5) is 0 Å². The maximum Gasteiger partial charge on any atom is 0.307 e. The average Bonchev–Trinajstić information content (AvgIpc) is 3.27. The van der Waals surface area contributed by atoms with E-state index in [2.05, 4.69) is 26.0 Å². The van der Waals surface area contributed by atoms with Crippen LogP contribution in [-0.4, -0.2) is 37.0 Å². The highest BCUT2D eigenvalue weighted by Crippen LogP contribution is 2.68. The first kappa shape index (κ1) is 21.2. The summed E-state index contributed by atoms with van der Waals surface area (Å²) in [5.74, 6) is 0.818. The number of hydrogen-bond donors (Lipinski definition) is 0. The summed E-state index contributed by atoms with van der Waals surface area (Å²) < 4.78 is 24.0. The lowest BCUT2D eigenvalue weighted by atomic mass is 9.47. The maximum atomic E-state index is 12.2. The quantitative estimate of drug-likeness (QED) is 0.609. The van der Waals surface area contributed by atoms with Gasteiger partial charge in [0.15, 0.2) is 5.79 Å². The van der Waals surface area contributed by atoms with Gasteiger partial charge in [0.2, 0.25) is 0 Å². The highest BCUT2D eigenvalue weighted by molar-refractivity contribution is 5.67. The van der Waals surface area contributed by atoms with E-state index in [0.29, 0.717) is 25.0 Å². The Balaban J connectivity index is 1.54. The summed E-state index contributed by atoms with van der Waals surface area (Å²) in [5, 5.41) is 0. The molecule has 0 radical (unpaired) electrons. The van der Waals surface area contributed by atoms with E-state index in [-0.39, 0.29) is 34.8 Å². The van der Waals surface area contributed by atoms with Crippen molar-refractivity contribution in [2.75, 3.05) is 13.2 Å². The van der Waals surface area contributed by atoms with Gasteiger partial charge in [-0.05, 0) is 54.6 Å². The summed E-state index contributed by atoms with van der Waals surface area (Å²) in [5.41, 5.74) is 0.944. The van der Waals surface area contributed by atoms with Crippen molar-refractivity contribution < 1.29 is 28.5 Å². The number of ether oxygens (including phenoxy) is 4. The van der Waals surface area contributed by atoms with Crippen molar-refractivity contribution in [3.05, 3.63) is 23.5 Å². The molecule has 0 aromatic heterocycles. The smallest absolute Gasteiger partial charge is 0.307 e. The van der Waals surface area contributed by atoms with Crippen LogP contribution < -0.4 is 0 Å². The minimum Gasteiger partial charge on any atom is -0.462 e. The molecule has 1 heterocycles. The highest BCUT2D eigenvalue weighted by atomic mass is 16.7. The summed E-state index contributed by atoms with van der Waals surface area (Å²) in [4.78, 5) is 23.6. The van der Waals surface area contributed by atoms with Gasteiger partial charge in [-0.25, -0.2) is 0 Å². The summed E-state index contributed by atoms with van der Waals surface area (Å²) in [6, 6.07) is 0. The number of carbonyl (C=O) groups excluding carboxylic acids is 2. The van der Waals surface area contributed by atoms with E-state index in [0.717, 1.165) is 44.3 Å². The Bertz CT molecular complexity index is 852. The van der Waals surface area contributed by atoms with Gasteiger partial charge < -0.3 is 18.9 Å². The molecule has 31 heavy (non-hydrogen) atoms. The Morgan fingerprint density at radius 3 is 2.52 bits per heavy atom. The molecule has 5 aliphatic rings. The molecule has 4 aliphatic carbocycles. The van der Waals surface area contributed by atoms with Crippen molar-refractivity contribution in [1.29, 1.82) is 0 Å². The Morgan fingerprint density at radius 2 is 1.84 bits per heavy atom. The van der Waals surface area contributed by atoms with Crippen LogP contribution in [0.1, 0.15) is 66.2 Å². The Kier molecular flexibility index (Phi) is 4.91. The zero-order chi connectivity index (χ0) is 22.0. The van der Waals surface area contributed by atoms with Gasteiger partial charge in [-0.15, -0.1) is 0 Å². The molecule has 0 bridgehead atoms. The van der Waals surface area contributed by atoms with Gasteiger partial charge in [0.05, 0.1) is 13.2 Å². The molecular weight excluding hydrogens is 396 g/mol. The molecule has 3 fully saturated rings. The molecule has 1 aliphatic heterocycles. The lowest BCUT2D eigenvalue weighted by Crippen LogP contribution is -2.60. The summed E-state index contributed by atoms with van der Waals surface area (Å²) >= 11 is 0. The van der Waals surface area contributed by atoms with E-state index in [1.165, 1.54) is 19.4 Å². The first-order valence-corrected chi connectivity index (χ1v) is 11.7. The van der Waals surface area contributed by atoms with Gasteiger partial charge in [-0.2, -0.15) is 0 Å². The Labute approximate surface area is 184 Å². The second kappa shape index (κ2) is 7.17. The topological polar surface area (TPSA) is 71.1 Å². The lowest BCUT2D eigenvalue weighted by Gasteiger charge is -2.60. The average molecular weight is 431 g/mol. The first-order chi connectivity index (χ1) is 14.7. The summed E-state index contributed by atoms with van der Waals surface area (Å²) in [6.07, 6.45) is 9.52. The normalized spacial score (nSPS) is 42.7. The molecule has 0 aromatic rings. The van der Waals surface area contributed by atoms with Crippen LogP contribution in [0.2, 0.25) is 0 Å². The molecule has 0 aromatic carbocycles. The van der Waals surface area contributed by atoms with Crippen molar-refractivity contribution in [3.8, 4) is 0 Å². The molecule has 2 saturated carbocycles. The molecule has 170 valence electrons. The number of rotatable bonds is 2. The second-order valence-electron chi connectivity index (χ2n) is 10.6. The number of esters is 2. The lowest BCUT2D eigenvalue weighted by molar-refractivity contribution is -0.258. The zero-order valence-electron chi connectivity index (χ0n) is 19.1. The van der Waals surface area contributed by atoms with E-state index >= 15 is 0 Å². The van der Waals surface area contributed by atoms with Crippen LogP contribution >= 0.6 is 0 Å². The van der Waals surface area contributed by atoms with E-state index < -0.39 is 5.79 Å². The van der Waals surface area contributed by atoms with Gasteiger partial charge in [0, 0.05) is 38.0 Å². The van der Waals surface area contributed by atoms with Gasteiger partial charge in [0.1, 0.15) is 11.9 Å². The summed E-state index contributed by atoms with van der Waals surface area (Å²) in [6.45, 7) is 8.84. The molecule has 1 saturated heterocycles. The zero-order valence-corrected chi connectivity index (χ0v) is 19.1. The van der Waals surface area contributed by atoms with E-state index in [1.807, 2.05) is 0 Å². The van der Waals surface area contributed by atoms with Crippen LogP contribution in [0.3, 0.4) is 0 Å². The van der Waals surface area contributed by atoms with Gasteiger partial charge in [-0.1, -0.05) is 19.9 Å². The van der Waals surface area contributed by atoms with Gasteiger partial charge in [-0.3, -0.25) is 9.59 Å². The molecule has 6 nitrogen and oxygen atoms in total. The standard InChI is InChI=1S/C25H34O6/c1-15(26)30-18-7-9-23(3)17(13-18)5-6-19-20-8-10-25(28-11-12-29-25)24(20,4)14-21(22(19)23)31-16(2)27/h5,13,19-22H,6-12,14H2,1-4H3/t19?,20?,21-,22?,23-,24-/m0/s1. The monoisotopic (exact) mass is 430 g/mol. The predicted molar refractivity (Wildman–Crippen MR) is 113 cm³/mol. The fourth-order valence-electron chi connectivity index (χ4n) is 7.86. The Morgan fingerprint density at radius 1 is 1.10 bits per heavy atom.